The molecular formula is C19H16BrFN2O4. The maximum absolute atomic E-state index is 14.1. The number of hydrogen-bond acceptors (Lipinski definition) is 4. The summed E-state index contributed by atoms with van der Waals surface area (Å²) in [5.41, 5.74) is 1.03. The molecule has 6 nitrogen and oxygen atoms in total. The first-order chi connectivity index (χ1) is 13.0. The van der Waals surface area contributed by atoms with Crippen molar-refractivity contribution in [2.75, 3.05) is 18.2 Å². The van der Waals surface area contributed by atoms with E-state index in [4.69, 9.17) is 9.47 Å². The van der Waals surface area contributed by atoms with Crippen molar-refractivity contribution in [2.45, 2.75) is 13.0 Å². The third-order valence-corrected chi connectivity index (χ3v) is 5.12. The van der Waals surface area contributed by atoms with Gasteiger partial charge in [-0.25, -0.2) is 4.39 Å². The number of carbonyl (C=O) groups excluding carboxylic acids is 2. The summed E-state index contributed by atoms with van der Waals surface area (Å²) < 4.78 is 25.3. The van der Waals surface area contributed by atoms with Gasteiger partial charge in [-0.2, -0.15) is 0 Å². The summed E-state index contributed by atoms with van der Waals surface area (Å²) in [6.45, 7) is 0.759. The topological polar surface area (TPSA) is 67.9 Å². The highest BCUT2D eigenvalue weighted by Gasteiger charge is 2.38. The zero-order chi connectivity index (χ0) is 19.0. The van der Waals surface area contributed by atoms with Crippen LogP contribution >= 0.6 is 15.9 Å². The molecule has 4 rings (SSSR count). The van der Waals surface area contributed by atoms with Crippen molar-refractivity contribution in [3.8, 4) is 11.5 Å². The number of carbonyl (C=O) groups is 2. The lowest BCUT2D eigenvalue weighted by atomic mass is 10.1. The molecule has 0 aromatic heterocycles. The number of nitrogens with zero attached hydrogens (tertiary/aromatic N) is 1. The molecule has 0 spiro atoms. The van der Waals surface area contributed by atoms with E-state index in [9.17, 15) is 14.0 Å². The van der Waals surface area contributed by atoms with Gasteiger partial charge in [0.15, 0.2) is 11.5 Å². The van der Waals surface area contributed by atoms with Gasteiger partial charge < -0.3 is 19.7 Å². The van der Waals surface area contributed by atoms with E-state index in [0.29, 0.717) is 28.9 Å². The van der Waals surface area contributed by atoms with Crippen molar-refractivity contribution in [1.29, 1.82) is 0 Å². The van der Waals surface area contributed by atoms with Crippen molar-refractivity contribution < 1.29 is 23.5 Å². The fraction of sp³-hybridized carbons (Fsp3) is 0.263. The van der Waals surface area contributed by atoms with Crippen molar-refractivity contribution in [2.24, 2.45) is 5.92 Å². The van der Waals surface area contributed by atoms with Gasteiger partial charge in [0.1, 0.15) is 11.7 Å². The second kappa shape index (κ2) is 7.19. The molecule has 0 unspecified atom stereocenters. The Bertz CT molecular complexity index is 921. The molecule has 2 amide bonds. The lowest BCUT2D eigenvalue weighted by Gasteiger charge is -2.17. The molecule has 1 atom stereocenters. The number of hydrogen-bond donors (Lipinski definition) is 1. The van der Waals surface area contributed by atoms with Gasteiger partial charge in [-0.1, -0.05) is 22.0 Å². The van der Waals surface area contributed by atoms with Crippen molar-refractivity contribution in [3.05, 3.63) is 52.3 Å². The molecule has 27 heavy (non-hydrogen) atoms. The van der Waals surface area contributed by atoms with E-state index in [1.807, 2.05) is 6.07 Å². The van der Waals surface area contributed by atoms with E-state index in [-0.39, 0.29) is 30.8 Å². The standard InChI is InChI=1S/C19H16BrFN2O4/c20-12-2-3-15(14(21)8-12)23-6-5-13(19(23)25)18(24)22-9-11-1-4-16-17(7-11)27-10-26-16/h1-4,7-8,13H,5-6,9-10H2,(H,22,24)/t13-/m0/s1. The Balaban J connectivity index is 1.40. The minimum atomic E-state index is -0.818. The molecule has 1 saturated heterocycles. The summed E-state index contributed by atoms with van der Waals surface area (Å²) in [5, 5.41) is 2.77. The molecule has 140 valence electrons. The molecule has 2 aromatic rings. The average molecular weight is 435 g/mol. The van der Waals surface area contributed by atoms with Crippen LogP contribution in [-0.2, 0) is 16.1 Å². The van der Waals surface area contributed by atoms with E-state index in [1.165, 1.54) is 17.0 Å². The van der Waals surface area contributed by atoms with Crippen LogP contribution < -0.4 is 19.7 Å². The van der Waals surface area contributed by atoms with Crippen LogP contribution in [0.2, 0.25) is 0 Å². The second-order valence-corrected chi connectivity index (χ2v) is 7.25. The minimum Gasteiger partial charge on any atom is -0.454 e. The number of halogens is 2. The minimum absolute atomic E-state index is 0.185. The van der Waals surface area contributed by atoms with Crippen LogP contribution in [0.1, 0.15) is 12.0 Å². The fourth-order valence-electron chi connectivity index (χ4n) is 3.23. The first kappa shape index (κ1) is 17.8. The molecule has 0 radical (unpaired) electrons. The summed E-state index contributed by atoms with van der Waals surface area (Å²) in [5.74, 6) is -0.767. The molecule has 1 N–H and O–H groups in total. The third-order valence-electron chi connectivity index (χ3n) is 4.63. The van der Waals surface area contributed by atoms with Gasteiger partial charge in [0.25, 0.3) is 0 Å². The molecular weight excluding hydrogens is 419 g/mol. The first-order valence-corrected chi connectivity index (χ1v) is 9.25. The highest BCUT2D eigenvalue weighted by atomic mass is 79.9. The van der Waals surface area contributed by atoms with Gasteiger partial charge in [0.2, 0.25) is 18.6 Å². The van der Waals surface area contributed by atoms with E-state index in [0.717, 1.165) is 5.56 Å². The molecule has 0 aliphatic carbocycles. The maximum Gasteiger partial charge on any atom is 0.239 e. The maximum atomic E-state index is 14.1. The summed E-state index contributed by atoms with van der Waals surface area (Å²) in [6.07, 6.45) is 0.349. The molecule has 2 heterocycles. The highest BCUT2D eigenvalue weighted by molar-refractivity contribution is 9.10. The van der Waals surface area contributed by atoms with Gasteiger partial charge in [-0.15, -0.1) is 0 Å². The lowest BCUT2D eigenvalue weighted by Crippen LogP contribution is -2.36. The van der Waals surface area contributed by atoms with Crippen LogP contribution in [0.4, 0.5) is 10.1 Å². The van der Waals surface area contributed by atoms with Crippen LogP contribution in [-0.4, -0.2) is 25.2 Å². The molecule has 2 aromatic carbocycles. The van der Waals surface area contributed by atoms with E-state index < -0.39 is 11.7 Å². The zero-order valence-electron chi connectivity index (χ0n) is 14.2. The largest absolute Gasteiger partial charge is 0.454 e. The Morgan fingerprint density at radius 2 is 2.04 bits per heavy atom. The number of amides is 2. The quantitative estimate of drug-likeness (QED) is 0.751. The molecule has 8 heteroatoms. The Kier molecular flexibility index (Phi) is 4.73. The van der Waals surface area contributed by atoms with Gasteiger partial charge in [0.05, 0.1) is 5.69 Å². The average Bonchev–Trinajstić information content (AvgIpc) is 3.26. The van der Waals surface area contributed by atoms with E-state index >= 15 is 0 Å². The molecule has 2 aliphatic rings. The number of rotatable bonds is 4. The third kappa shape index (κ3) is 3.49. The molecule has 1 fully saturated rings. The number of benzene rings is 2. The summed E-state index contributed by atoms with van der Waals surface area (Å²) in [4.78, 5) is 26.4. The molecule has 0 bridgehead atoms. The number of nitrogens with one attached hydrogen (secondary N) is 1. The van der Waals surface area contributed by atoms with Crippen molar-refractivity contribution in [3.63, 3.8) is 0 Å². The summed E-state index contributed by atoms with van der Waals surface area (Å²) >= 11 is 3.19. The van der Waals surface area contributed by atoms with Crippen LogP contribution in [0.5, 0.6) is 11.5 Å². The Morgan fingerprint density at radius 1 is 1.22 bits per heavy atom. The monoisotopic (exact) mass is 434 g/mol. The van der Waals surface area contributed by atoms with Gasteiger partial charge in [0, 0.05) is 17.6 Å². The summed E-state index contributed by atoms with van der Waals surface area (Å²) in [6, 6.07) is 9.90. The predicted molar refractivity (Wildman–Crippen MR) is 99.0 cm³/mol. The zero-order valence-corrected chi connectivity index (χ0v) is 15.8. The first-order valence-electron chi connectivity index (χ1n) is 8.45. The van der Waals surface area contributed by atoms with Crippen LogP contribution in [0.25, 0.3) is 0 Å². The Labute approximate surface area is 163 Å². The van der Waals surface area contributed by atoms with Gasteiger partial charge >= 0.3 is 0 Å². The number of fused-ring (bicyclic) bond motifs is 1. The SMILES string of the molecule is O=C(NCc1ccc2c(c1)OCO2)[C@@H]1CCN(c2ccc(Br)cc2F)C1=O. The molecule has 2 aliphatic heterocycles. The van der Waals surface area contributed by atoms with Crippen LogP contribution in [0, 0.1) is 11.7 Å². The van der Waals surface area contributed by atoms with Crippen molar-refractivity contribution >= 4 is 33.4 Å². The highest BCUT2D eigenvalue weighted by Crippen LogP contribution is 2.33. The fourth-order valence-corrected chi connectivity index (χ4v) is 3.56. The predicted octanol–water partition coefficient (Wildman–Crippen LogP) is 2.99. The number of ether oxygens (including phenoxy) is 2. The van der Waals surface area contributed by atoms with E-state index in [1.54, 1.807) is 18.2 Å². The second-order valence-electron chi connectivity index (χ2n) is 6.33. The normalized spacial score (nSPS) is 18.1. The van der Waals surface area contributed by atoms with Crippen LogP contribution in [0.3, 0.4) is 0 Å². The Hall–Kier alpha value is -2.61. The number of anilines is 1. The van der Waals surface area contributed by atoms with E-state index in [2.05, 4.69) is 21.2 Å². The lowest BCUT2D eigenvalue weighted by molar-refractivity contribution is -0.132. The van der Waals surface area contributed by atoms with Crippen LogP contribution in [0.15, 0.2) is 40.9 Å². The van der Waals surface area contributed by atoms with Crippen molar-refractivity contribution in [1.82, 2.24) is 5.32 Å². The molecule has 0 saturated carbocycles. The van der Waals surface area contributed by atoms with Gasteiger partial charge in [-0.3, -0.25) is 9.59 Å². The Morgan fingerprint density at radius 3 is 2.85 bits per heavy atom. The smallest absolute Gasteiger partial charge is 0.239 e. The van der Waals surface area contributed by atoms with Gasteiger partial charge in [-0.05, 0) is 42.3 Å². The summed E-state index contributed by atoms with van der Waals surface area (Å²) in [7, 11) is 0.